The second kappa shape index (κ2) is 6.20. The first-order chi connectivity index (χ1) is 8.94. The van der Waals surface area contributed by atoms with Crippen LogP contribution in [0.1, 0.15) is 34.1 Å². The number of aliphatic hydroxyl groups excluding tert-OH is 3. The largest absolute Gasteiger partial charge is 0.382 e. The van der Waals surface area contributed by atoms with Crippen LogP contribution in [-0.4, -0.2) is 49.6 Å². The van der Waals surface area contributed by atoms with Gasteiger partial charge in [-0.2, -0.15) is 0 Å². The molecule has 1 aliphatic heterocycles. The maximum absolute atomic E-state index is 13.1. The molecule has 1 saturated heterocycles. The Hall–Kier alpha value is 0.300. The van der Waals surface area contributed by atoms with E-state index in [-0.39, 0.29) is 24.4 Å². The van der Waals surface area contributed by atoms with E-state index >= 15 is 0 Å². The zero-order valence-electron chi connectivity index (χ0n) is 12.4. The highest BCUT2D eigenvalue weighted by molar-refractivity contribution is 7.70. The summed E-state index contributed by atoms with van der Waals surface area (Å²) < 4.78 is 25.2. The molecular formula is C12H26O6P2. The third-order valence-corrected chi connectivity index (χ3v) is 10.5. The van der Waals surface area contributed by atoms with E-state index in [4.69, 9.17) is 0 Å². The van der Waals surface area contributed by atoms with Gasteiger partial charge in [-0.05, 0) is 18.3 Å². The summed E-state index contributed by atoms with van der Waals surface area (Å²) in [5.41, 5.74) is -0.945. The van der Waals surface area contributed by atoms with Gasteiger partial charge in [0, 0.05) is 6.16 Å². The molecule has 0 saturated carbocycles. The van der Waals surface area contributed by atoms with E-state index in [0.717, 1.165) is 0 Å². The van der Waals surface area contributed by atoms with Crippen molar-refractivity contribution in [1.29, 1.82) is 0 Å². The molecule has 0 radical (unpaired) electrons. The molecule has 120 valence electrons. The summed E-state index contributed by atoms with van der Waals surface area (Å²) in [6, 6.07) is 0. The van der Waals surface area contributed by atoms with Crippen molar-refractivity contribution < 1.29 is 29.3 Å². The molecule has 0 aromatic rings. The van der Waals surface area contributed by atoms with Crippen LogP contribution in [-0.2, 0) is 9.13 Å². The van der Waals surface area contributed by atoms with E-state index in [1.165, 1.54) is 0 Å². The normalized spacial score (nSPS) is 46.1. The number of aliphatic hydroxyl groups is 3. The van der Waals surface area contributed by atoms with Gasteiger partial charge in [-0.25, -0.2) is 0 Å². The fourth-order valence-electron chi connectivity index (χ4n) is 2.84. The molecule has 20 heavy (non-hydrogen) atoms. The minimum atomic E-state index is -4.37. The number of rotatable bonds is 4. The molecule has 4 N–H and O–H groups in total. The van der Waals surface area contributed by atoms with Gasteiger partial charge in [0.2, 0.25) is 0 Å². The molecule has 0 aromatic heterocycles. The summed E-state index contributed by atoms with van der Waals surface area (Å²) >= 11 is 0. The summed E-state index contributed by atoms with van der Waals surface area (Å²) in [7, 11) is -7.77. The second-order valence-corrected chi connectivity index (χ2v) is 12.2. The first-order valence-electron chi connectivity index (χ1n) is 6.89. The molecule has 0 amide bonds. The number of hydrogen-bond donors (Lipinski definition) is 4. The molecule has 6 nitrogen and oxygen atoms in total. The molecule has 0 aromatic carbocycles. The lowest BCUT2D eigenvalue weighted by Crippen LogP contribution is -2.45. The Morgan fingerprint density at radius 2 is 1.40 bits per heavy atom. The van der Waals surface area contributed by atoms with E-state index < -0.39 is 37.7 Å². The van der Waals surface area contributed by atoms with Crippen LogP contribution < -0.4 is 0 Å². The molecular weight excluding hydrogens is 302 g/mol. The van der Waals surface area contributed by atoms with Gasteiger partial charge in [-0.3, -0.25) is 4.57 Å². The minimum absolute atomic E-state index is 0.0132. The lowest BCUT2D eigenvalue weighted by atomic mass is 10.1. The molecule has 0 spiro atoms. The smallest absolute Gasteiger partial charge is 0.259 e. The van der Waals surface area contributed by atoms with Crippen molar-refractivity contribution in [2.45, 2.75) is 57.3 Å². The molecule has 6 unspecified atom stereocenters. The fraction of sp³-hybridized carbons (Fsp3) is 1.00. The van der Waals surface area contributed by atoms with Crippen LogP contribution in [0.5, 0.6) is 0 Å². The molecule has 1 heterocycles. The van der Waals surface area contributed by atoms with E-state index in [9.17, 15) is 29.3 Å². The van der Waals surface area contributed by atoms with Crippen molar-refractivity contribution in [3.05, 3.63) is 0 Å². The molecule has 8 heteroatoms. The average Bonchev–Trinajstić information content (AvgIpc) is 2.30. The maximum Gasteiger partial charge on any atom is 0.259 e. The highest BCUT2D eigenvalue weighted by atomic mass is 31.2. The predicted molar refractivity (Wildman–Crippen MR) is 78.4 cm³/mol. The minimum Gasteiger partial charge on any atom is -0.382 e. The standard InChI is InChI=1S/C12H26O6P2/c1-7(2)5-9-10(13)20(17,18)12(15)11(14)19(9,16)6-8(3)4/h7-15H,5-6H2,1-4H3,(H,17,18). The first kappa shape index (κ1) is 18.3. The van der Waals surface area contributed by atoms with Gasteiger partial charge >= 0.3 is 0 Å². The zero-order valence-corrected chi connectivity index (χ0v) is 14.2. The van der Waals surface area contributed by atoms with Crippen LogP contribution in [0.3, 0.4) is 0 Å². The highest BCUT2D eigenvalue weighted by Gasteiger charge is 2.61. The summed E-state index contributed by atoms with van der Waals surface area (Å²) in [4.78, 5) is 9.81. The summed E-state index contributed by atoms with van der Waals surface area (Å²) in [5, 5.41) is 30.0. The Kier molecular flexibility index (Phi) is 5.68. The highest BCUT2D eigenvalue weighted by Crippen LogP contribution is 2.72. The van der Waals surface area contributed by atoms with Gasteiger partial charge in [0.15, 0.2) is 5.85 Å². The van der Waals surface area contributed by atoms with Crippen molar-refractivity contribution in [3.63, 3.8) is 0 Å². The molecule has 0 aliphatic carbocycles. The van der Waals surface area contributed by atoms with Crippen LogP contribution in [0.15, 0.2) is 0 Å². The van der Waals surface area contributed by atoms with Crippen LogP contribution in [0.25, 0.3) is 0 Å². The van der Waals surface area contributed by atoms with Crippen LogP contribution >= 0.6 is 14.5 Å². The van der Waals surface area contributed by atoms with Gasteiger partial charge in [0.25, 0.3) is 7.37 Å². The van der Waals surface area contributed by atoms with E-state index in [1.54, 1.807) is 0 Å². The monoisotopic (exact) mass is 328 g/mol. The summed E-state index contributed by atoms with van der Waals surface area (Å²) in [6.45, 7) is 7.35. The third-order valence-electron chi connectivity index (χ3n) is 3.74. The lowest BCUT2D eigenvalue weighted by molar-refractivity contribution is 0.0847. The van der Waals surface area contributed by atoms with E-state index in [2.05, 4.69) is 0 Å². The average molecular weight is 328 g/mol. The van der Waals surface area contributed by atoms with Crippen LogP contribution in [0.2, 0.25) is 0 Å². The Bertz CT molecular complexity index is 436. The Labute approximate surface area is 120 Å². The van der Waals surface area contributed by atoms with Crippen LogP contribution in [0, 0.1) is 11.8 Å². The quantitative estimate of drug-likeness (QED) is 0.584. The molecule has 6 atom stereocenters. The molecule has 1 rings (SSSR count). The van der Waals surface area contributed by atoms with Gasteiger partial charge < -0.3 is 24.8 Å². The number of hydrogen-bond acceptors (Lipinski definition) is 5. The van der Waals surface area contributed by atoms with Gasteiger partial charge in [0.05, 0.1) is 5.66 Å². The Morgan fingerprint density at radius 3 is 1.80 bits per heavy atom. The SMILES string of the molecule is CC(C)CC1C(O)P(=O)(O)C(O)C(O)P1(=O)CC(C)C. The van der Waals surface area contributed by atoms with Crippen molar-refractivity contribution in [2.75, 3.05) is 6.16 Å². The third kappa shape index (κ3) is 3.21. The van der Waals surface area contributed by atoms with Gasteiger partial charge in [-0.1, -0.05) is 27.7 Å². The zero-order chi connectivity index (χ0) is 15.9. The first-order valence-corrected chi connectivity index (χ1v) is 10.7. The predicted octanol–water partition coefficient (Wildman–Crippen LogP) is 1.66. The fourth-order valence-corrected chi connectivity index (χ4v) is 10.4. The van der Waals surface area contributed by atoms with Crippen molar-refractivity contribution in [3.8, 4) is 0 Å². The molecule has 1 fully saturated rings. The lowest BCUT2D eigenvalue weighted by Gasteiger charge is -2.45. The van der Waals surface area contributed by atoms with Gasteiger partial charge in [-0.15, -0.1) is 0 Å². The van der Waals surface area contributed by atoms with E-state index in [0.29, 0.717) is 0 Å². The Balaban J connectivity index is 3.29. The van der Waals surface area contributed by atoms with Crippen molar-refractivity contribution in [2.24, 2.45) is 11.8 Å². The topological polar surface area (TPSA) is 115 Å². The van der Waals surface area contributed by atoms with Crippen molar-refractivity contribution >= 4 is 14.5 Å². The second-order valence-electron chi connectivity index (χ2n) is 6.54. The summed E-state index contributed by atoms with van der Waals surface area (Å²) in [6.07, 6.45) is 0.416. The summed E-state index contributed by atoms with van der Waals surface area (Å²) in [5.74, 6) is -5.48. The van der Waals surface area contributed by atoms with Gasteiger partial charge in [0.1, 0.15) is 18.8 Å². The molecule has 1 aliphatic rings. The Morgan fingerprint density at radius 1 is 0.900 bits per heavy atom. The maximum atomic E-state index is 13.1. The van der Waals surface area contributed by atoms with Crippen molar-refractivity contribution in [1.82, 2.24) is 0 Å². The van der Waals surface area contributed by atoms with Crippen LogP contribution in [0.4, 0.5) is 0 Å². The molecule has 0 bridgehead atoms. The van der Waals surface area contributed by atoms with E-state index in [1.807, 2.05) is 27.7 Å².